The zero-order valence-corrected chi connectivity index (χ0v) is 24.6. The summed E-state index contributed by atoms with van der Waals surface area (Å²) < 4.78 is 5.06. The molecule has 0 aliphatic carbocycles. The summed E-state index contributed by atoms with van der Waals surface area (Å²) in [7, 11) is 0. The first-order valence-electron chi connectivity index (χ1n) is 15.0. The van der Waals surface area contributed by atoms with Crippen LogP contribution < -0.4 is 10.6 Å². The van der Waals surface area contributed by atoms with Crippen molar-refractivity contribution in [3.05, 3.63) is 162 Å². The van der Waals surface area contributed by atoms with Crippen LogP contribution in [0.1, 0.15) is 29.0 Å². The number of amidine groups is 1. The van der Waals surface area contributed by atoms with E-state index in [1.165, 1.54) is 47.5 Å². The van der Waals surface area contributed by atoms with Crippen molar-refractivity contribution in [3.63, 3.8) is 0 Å². The number of nitrogens with zero attached hydrogens (tertiary/aromatic N) is 2. The first-order chi connectivity index (χ1) is 21.8. The molecule has 9 rings (SSSR count). The van der Waals surface area contributed by atoms with Crippen LogP contribution in [-0.4, -0.2) is 10.4 Å². The molecule has 4 nitrogen and oxygen atoms in total. The van der Waals surface area contributed by atoms with E-state index in [0.29, 0.717) is 0 Å². The van der Waals surface area contributed by atoms with Crippen molar-refractivity contribution < 1.29 is 0 Å². The van der Waals surface area contributed by atoms with Gasteiger partial charge in [0.2, 0.25) is 0 Å². The predicted octanol–water partition coefficient (Wildman–Crippen LogP) is 9.49. The van der Waals surface area contributed by atoms with E-state index >= 15 is 0 Å². The Balaban J connectivity index is 1.22. The Morgan fingerprint density at radius 3 is 2.14 bits per heavy atom. The summed E-state index contributed by atoms with van der Waals surface area (Å²) in [6.45, 7) is 0. The number of nitrogens with one attached hydrogen (secondary N) is 2. The lowest BCUT2D eigenvalue weighted by atomic mass is 10.1. The number of aliphatic imine (C=N–C) groups is 1. The first kappa shape index (κ1) is 25.3. The van der Waals surface area contributed by atoms with Crippen LogP contribution in [0.15, 0.2) is 151 Å². The van der Waals surface area contributed by atoms with Gasteiger partial charge in [0.1, 0.15) is 18.2 Å². The third-order valence-electron chi connectivity index (χ3n) is 8.66. The minimum Gasteiger partial charge on any atom is -0.350 e. The largest absolute Gasteiger partial charge is 0.350 e. The molecule has 2 unspecified atom stereocenters. The fourth-order valence-corrected chi connectivity index (χ4v) is 7.72. The summed E-state index contributed by atoms with van der Waals surface area (Å²) in [4.78, 5) is 5.20. The molecule has 0 fully saturated rings. The fraction of sp³-hybridized carbons (Fsp3) is 0.0513. The normalized spacial score (nSPS) is 16.9. The van der Waals surface area contributed by atoms with Crippen molar-refractivity contribution in [1.29, 1.82) is 0 Å². The number of aromatic nitrogens is 1. The number of rotatable bonds is 4. The van der Waals surface area contributed by atoms with Crippen LogP contribution in [0, 0.1) is 0 Å². The second-order valence-corrected chi connectivity index (χ2v) is 12.4. The molecule has 2 aromatic heterocycles. The minimum absolute atomic E-state index is 0.0778. The molecule has 0 bridgehead atoms. The lowest BCUT2D eigenvalue weighted by Crippen LogP contribution is -2.44. The summed E-state index contributed by atoms with van der Waals surface area (Å²) in [6.07, 6.45) is -0.303. The molecule has 0 spiro atoms. The van der Waals surface area contributed by atoms with E-state index in [1.807, 2.05) is 17.4 Å². The van der Waals surface area contributed by atoms with Gasteiger partial charge in [0.05, 0.1) is 11.0 Å². The number of benzene rings is 6. The van der Waals surface area contributed by atoms with Gasteiger partial charge in [-0.3, -0.25) is 5.32 Å². The van der Waals surface area contributed by atoms with Crippen LogP contribution in [0.25, 0.3) is 47.7 Å². The van der Waals surface area contributed by atoms with Gasteiger partial charge in [-0.25, -0.2) is 4.99 Å². The highest BCUT2D eigenvalue weighted by Crippen LogP contribution is 2.40. The molecule has 6 aromatic carbocycles. The maximum atomic E-state index is 5.20. The Hall–Kier alpha value is -5.23. The highest BCUT2D eigenvalue weighted by Gasteiger charge is 2.26. The number of hydrogen-bond acceptors (Lipinski definition) is 4. The summed E-state index contributed by atoms with van der Waals surface area (Å²) >= 11 is 1.87. The topological polar surface area (TPSA) is 41.4 Å². The molecule has 2 atom stereocenters. The van der Waals surface area contributed by atoms with Gasteiger partial charge in [0.15, 0.2) is 0 Å². The van der Waals surface area contributed by atoms with Gasteiger partial charge in [-0.1, -0.05) is 109 Å². The van der Waals surface area contributed by atoms with E-state index in [4.69, 9.17) is 4.99 Å². The first-order valence-corrected chi connectivity index (χ1v) is 15.8. The number of thiophene rings is 1. The second-order valence-electron chi connectivity index (χ2n) is 11.3. The molecule has 8 aromatic rings. The molecule has 1 aliphatic rings. The fourth-order valence-electron chi connectivity index (χ4n) is 6.59. The van der Waals surface area contributed by atoms with Crippen molar-refractivity contribution in [2.75, 3.05) is 0 Å². The van der Waals surface area contributed by atoms with E-state index in [1.54, 1.807) is 0 Å². The van der Waals surface area contributed by atoms with Crippen molar-refractivity contribution in [2.24, 2.45) is 4.99 Å². The third-order valence-corrected chi connectivity index (χ3v) is 9.79. The molecule has 0 saturated heterocycles. The molecule has 1 aliphatic heterocycles. The summed E-state index contributed by atoms with van der Waals surface area (Å²) in [5.41, 5.74) is 6.91. The van der Waals surface area contributed by atoms with Crippen LogP contribution in [0.5, 0.6) is 0 Å². The molecular weight excluding hydrogens is 557 g/mol. The Kier molecular flexibility index (Phi) is 5.86. The maximum Gasteiger partial charge on any atom is 0.131 e. The van der Waals surface area contributed by atoms with Crippen LogP contribution in [0.2, 0.25) is 0 Å². The zero-order chi connectivity index (χ0) is 29.0. The van der Waals surface area contributed by atoms with Gasteiger partial charge in [0.25, 0.3) is 0 Å². The Morgan fingerprint density at radius 2 is 1.27 bits per heavy atom. The van der Waals surface area contributed by atoms with Gasteiger partial charge >= 0.3 is 0 Å². The Labute approximate surface area is 258 Å². The van der Waals surface area contributed by atoms with Crippen LogP contribution in [0.4, 0.5) is 0 Å². The van der Waals surface area contributed by atoms with Gasteiger partial charge in [-0.2, -0.15) is 0 Å². The van der Waals surface area contributed by atoms with Crippen molar-refractivity contribution in [2.45, 2.75) is 12.3 Å². The standard InChI is InChI=1S/C39H28N4S/c1-3-12-25(13-4-1)37-40-38(26-14-5-2-6-15-26)42-39(41-37)27-16-11-17-28(22-27)43-33-20-9-7-18-29(33)31-24-36-32(23-34(31)43)30-19-8-10-21-35(30)44-36/h1-24,37,39,41H,(H,40,42). The second kappa shape index (κ2) is 10.2. The van der Waals surface area contributed by atoms with Gasteiger partial charge in [0, 0.05) is 42.2 Å². The molecule has 2 N–H and O–H groups in total. The highest BCUT2D eigenvalue weighted by molar-refractivity contribution is 7.25. The molecule has 5 heteroatoms. The van der Waals surface area contributed by atoms with E-state index in [9.17, 15) is 0 Å². The van der Waals surface area contributed by atoms with E-state index in [2.05, 4.69) is 155 Å². The number of para-hydroxylation sites is 1. The third kappa shape index (κ3) is 4.13. The summed E-state index contributed by atoms with van der Waals surface area (Å²) in [6, 6.07) is 52.0. The molecule has 44 heavy (non-hydrogen) atoms. The summed E-state index contributed by atoms with van der Waals surface area (Å²) in [5.74, 6) is 0.886. The van der Waals surface area contributed by atoms with E-state index in [-0.39, 0.29) is 12.3 Å². The molecular formula is C39H28N4S. The van der Waals surface area contributed by atoms with Gasteiger partial charge in [-0.05, 0) is 47.5 Å². The van der Waals surface area contributed by atoms with E-state index in [0.717, 1.165) is 22.6 Å². The van der Waals surface area contributed by atoms with Gasteiger partial charge in [-0.15, -0.1) is 11.3 Å². The molecule has 3 heterocycles. The lowest BCUT2D eigenvalue weighted by Gasteiger charge is -2.32. The van der Waals surface area contributed by atoms with Crippen LogP contribution in [-0.2, 0) is 0 Å². The number of fused-ring (bicyclic) bond motifs is 6. The van der Waals surface area contributed by atoms with Crippen molar-refractivity contribution in [1.82, 2.24) is 15.2 Å². The smallest absolute Gasteiger partial charge is 0.131 e. The highest BCUT2D eigenvalue weighted by atomic mass is 32.1. The SMILES string of the molecule is c1ccc(C2=NC(c3cccc(-n4c5ccccc5c5cc6sc7ccccc7c6cc54)c3)NC(c3ccccc3)N2)cc1. The maximum absolute atomic E-state index is 5.20. The van der Waals surface area contributed by atoms with E-state index < -0.39 is 0 Å². The number of hydrogen-bond donors (Lipinski definition) is 2. The van der Waals surface area contributed by atoms with Crippen molar-refractivity contribution in [3.8, 4) is 5.69 Å². The zero-order valence-electron chi connectivity index (χ0n) is 23.8. The van der Waals surface area contributed by atoms with Crippen LogP contribution in [0.3, 0.4) is 0 Å². The quantitative estimate of drug-likeness (QED) is 0.216. The lowest BCUT2D eigenvalue weighted by molar-refractivity contribution is 0.409. The predicted molar refractivity (Wildman–Crippen MR) is 185 cm³/mol. The average molecular weight is 585 g/mol. The molecule has 0 amide bonds. The monoisotopic (exact) mass is 584 g/mol. The Morgan fingerprint density at radius 1 is 0.545 bits per heavy atom. The minimum atomic E-state index is -0.225. The Bertz CT molecular complexity index is 2350. The molecule has 210 valence electrons. The summed E-state index contributed by atoms with van der Waals surface area (Å²) in [5, 5.41) is 12.6. The molecule has 0 radical (unpaired) electrons. The van der Waals surface area contributed by atoms with Crippen LogP contribution >= 0.6 is 11.3 Å². The average Bonchev–Trinajstić information content (AvgIpc) is 3.62. The van der Waals surface area contributed by atoms with Gasteiger partial charge < -0.3 is 9.88 Å². The molecule has 0 saturated carbocycles. The van der Waals surface area contributed by atoms with Crippen molar-refractivity contribution >= 4 is 59.2 Å².